The molecule has 0 saturated carbocycles. The Morgan fingerprint density at radius 3 is 2.58 bits per heavy atom. The van der Waals surface area contributed by atoms with Gasteiger partial charge in [-0.2, -0.15) is 37.0 Å². The molecule has 1 aromatic heterocycles. The molecule has 13 heteroatoms. The lowest BCUT2D eigenvalue weighted by Gasteiger charge is -2.41. The smallest absolute Gasteiger partial charge is 0.318 e. The van der Waals surface area contributed by atoms with E-state index in [9.17, 15) is 9.18 Å². The standard InChI is InChI=1S/C37H45FN8O2.2H2S/c1-26-8-4-9-27-10-5-12-33(35(26)27)44-17-14-31-32(24-44)40-37(48-25-29-11-6-15-42(29)3)41-36(31)45-18-19-46(30(23-45)20-39-2)34(47)13-7-16-43-21-28(38)22-43;;/h4-5,7-10,12-13,28-30H,6,11,14-25H2,1,3H3;2*1H2/b13-7+;;/t29-,30-;;/m0../s1. The monoisotopic (exact) mass is 720 g/mol. The molecule has 0 spiro atoms. The number of piperazine rings is 1. The zero-order chi connectivity index (χ0) is 33.2. The Hall–Kier alpha value is -3.57. The van der Waals surface area contributed by atoms with Crippen LogP contribution < -0.4 is 14.5 Å². The van der Waals surface area contributed by atoms with Gasteiger partial charge in [0, 0.05) is 74.6 Å². The van der Waals surface area contributed by atoms with Crippen molar-refractivity contribution in [2.75, 3.05) is 82.4 Å². The number of hydrogen-bond donors (Lipinski definition) is 0. The Balaban J connectivity index is 0.00000243. The summed E-state index contributed by atoms with van der Waals surface area (Å²) >= 11 is 0. The van der Waals surface area contributed by atoms with Crippen LogP contribution in [0.15, 0.2) is 48.6 Å². The Morgan fingerprint density at radius 2 is 1.84 bits per heavy atom. The minimum atomic E-state index is -0.766. The zero-order valence-electron chi connectivity index (χ0n) is 29.0. The van der Waals surface area contributed by atoms with Gasteiger partial charge in [0.05, 0.1) is 12.2 Å². The molecule has 4 aliphatic rings. The van der Waals surface area contributed by atoms with Crippen LogP contribution >= 0.6 is 27.0 Å². The highest BCUT2D eigenvalue weighted by atomic mass is 32.1. The Bertz CT molecular complexity index is 1730. The number of likely N-dealkylation sites (tertiary alicyclic amines) is 2. The van der Waals surface area contributed by atoms with Crippen LogP contribution in [-0.4, -0.2) is 121 Å². The Labute approximate surface area is 309 Å². The Morgan fingerprint density at radius 1 is 1.04 bits per heavy atom. The summed E-state index contributed by atoms with van der Waals surface area (Å²) in [6.07, 6.45) is 5.67. The van der Waals surface area contributed by atoms with Crippen molar-refractivity contribution in [3.63, 3.8) is 0 Å². The summed E-state index contributed by atoms with van der Waals surface area (Å²) in [4.78, 5) is 37.8. The van der Waals surface area contributed by atoms with Crippen LogP contribution in [0, 0.1) is 13.5 Å². The molecular weight excluding hydrogens is 672 g/mol. The quantitative estimate of drug-likeness (QED) is 0.239. The van der Waals surface area contributed by atoms with Crippen molar-refractivity contribution in [2.45, 2.75) is 51.0 Å². The average Bonchev–Trinajstić information content (AvgIpc) is 3.50. The largest absolute Gasteiger partial charge is 0.462 e. The predicted octanol–water partition coefficient (Wildman–Crippen LogP) is 4.35. The summed E-state index contributed by atoms with van der Waals surface area (Å²) in [7, 11) is 2.14. The second-order valence-corrected chi connectivity index (χ2v) is 13.7. The minimum Gasteiger partial charge on any atom is -0.462 e. The van der Waals surface area contributed by atoms with Gasteiger partial charge in [-0.1, -0.05) is 36.4 Å². The molecule has 7 rings (SSSR count). The SMILES string of the molecule is S.S.[C-]#[N+]C[C@H]1CN(c2nc(OC[C@@H]3CCCN3C)nc3c2CCN(c2cccc4cccc(C)c24)C3)CCN1C(=O)/C=C/CN1CC(F)C1. The summed E-state index contributed by atoms with van der Waals surface area (Å²) < 4.78 is 19.5. The molecule has 10 nitrogen and oxygen atoms in total. The van der Waals surface area contributed by atoms with Crippen molar-refractivity contribution < 1.29 is 13.9 Å². The van der Waals surface area contributed by atoms with Gasteiger partial charge < -0.3 is 29.2 Å². The van der Waals surface area contributed by atoms with Gasteiger partial charge in [-0.25, -0.2) is 11.0 Å². The number of carbonyl (C=O) groups is 1. The molecule has 50 heavy (non-hydrogen) atoms. The van der Waals surface area contributed by atoms with Crippen LogP contribution in [0.25, 0.3) is 15.6 Å². The highest BCUT2D eigenvalue weighted by molar-refractivity contribution is 7.59. The molecule has 2 aromatic carbocycles. The molecule has 1 amide bonds. The van der Waals surface area contributed by atoms with Gasteiger partial charge in [0.2, 0.25) is 12.5 Å². The van der Waals surface area contributed by atoms with E-state index in [2.05, 4.69) is 69.9 Å². The molecule has 0 unspecified atom stereocenters. The number of aryl methyl sites for hydroxylation is 1. The van der Waals surface area contributed by atoms with Crippen LogP contribution in [0.2, 0.25) is 0 Å². The van der Waals surface area contributed by atoms with Gasteiger partial charge in [-0.3, -0.25) is 9.69 Å². The number of anilines is 2. The van der Waals surface area contributed by atoms with Crippen molar-refractivity contribution in [1.29, 1.82) is 0 Å². The highest BCUT2D eigenvalue weighted by Crippen LogP contribution is 2.36. The fourth-order valence-corrected chi connectivity index (χ4v) is 7.70. The lowest BCUT2D eigenvalue weighted by Crippen LogP contribution is -2.56. The first-order valence-electron chi connectivity index (χ1n) is 17.3. The number of hydrogen-bond acceptors (Lipinski definition) is 8. The van der Waals surface area contributed by atoms with Crippen molar-refractivity contribution >= 4 is 55.2 Å². The first-order valence-corrected chi connectivity index (χ1v) is 17.3. The number of ether oxygens (including phenoxy) is 1. The molecule has 268 valence electrons. The normalized spacial score (nSPS) is 21.4. The summed E-state index contributed by atoms with van der Waals surface area (Å²) in [5, 5.41) is 2.50. The fraction of sp³-hybridized carbons (Fsp3) is 0.514. The molecule has 0 radical (unpaired) electrons. The number of rotatable bonds is 9. The third kappa shape index (κ3) is 7.99. The summed E-state index contributed by atoms with van der Waals surface area (Å²) in [5.74, 6) is 0.760. The number of likely N-dealkylation sites (N-methyl/N-ethyl adjacent to an activating group) is 1. The summed E-state index contributed by atoms with van der Waals surface area (Å²) in [6, 6.07) is 13.4. The molecule has 3 fully saturated rings. The molecule has 0 bridgehead atoms. The van der Waals surface area contributed by atoms with Crippen molar-refractivity contribution in [3.05, 3.63) is 76.8 Å². The second-order valence-electron chi connectivity index (χ2n) is 13.7. The fourth-order valence-electron chi connectivity index (χ4n) is 7.70. The molecule has 4 aliphatic heterocycles. The highest BCUT2D eigenvalue weighted by Gasteiger charge is 2.35. The second kappa shape index (κ2) is 16.6. The molecule has 3 aromatic rings. The third-order valence-corrected chi connectivity index (χ3v) is 10.4. The summed E-state index contributed by atoms with van der Waals surface area (Å²) in [5.41, 5.74) is 4.55. The van der Waals surface area contributed by atoms with Crippen LogP contribution in [0.5, 0.6) is 6.01 Å². The van der Waals surface area contributed by atoms with E-state index in [0.717, 1.165) is 49.4 Å². The number of benzene rings is 2. The van der Waals surface area contributed by atoms with Gasteiger partial charge >= 0.3 is 6.01 Å². The van der Waals surface area contributed by atoms with Gasteiger partial charge in [-0.05, 0) is 56.8 Å². The molecule has 0 N–H and O–H groups in total. The maximum atomic E-state index is 13.3. The maximum absolute atomic E-state index is 13.3. The van der Waals surface area contributed by atoms with Crippen LogP contribution in [0.3, 0.4) is 0 Å². The number of aromatic nitrogens is 2. The first-order chi connectivity index (χ1) is 23.4. The number of halogens is 1. The van der Waals surface area contributed by atoms with Crippen LogP contribution in [-0.2, 0) is 17.8 Å². The van der Waals surface area contributed by atoms with E-state index < -0.39 is 6.17 Å². The lowest BCUT2D eigenvalue weighted by atomic mass is 9.99. The lowest BCUT2D eigenvalue weighted by molar-refractivity contribution is -0.128. The molecular formula is C37H49FN8O2S2. The molecule has 3 saturated heterocycles. The first kappa shape index (κ1) is 37.7. The van der Waals surface area contributed by atoms with E-state index in [1.54, 1.807) is 6.08 Å². The molecule has 2 atom stereocenters. The summed E-state index contributed by atoms with van der Waals surface area (Å²) in [6.45, 7) is 16.1. The predicted molar refractivity (Wildman–Crippen MR) is 207 cm³/mol. The van der Waals surface area contributed by atoms with Gasteiger partial charge in [0.15, 0.2) is 0 Å². The van der Waals surface area contributed by atoms with E-state index in [0.29, 0.717) is 64.5 Å². The van der Waals surface area contributed by atoms with Crippen molar-refractivity contribution in [3.8, 4) is 6.01 Å². The Kier molecular flexibility index (Phi) is 12.5. The van der Waals surface area contributed by atoms with E-state index >= 15 is 0 Å². The molecule has 5 heterocycles. The van der Waals surface area contributed by atoms with E-state index in [-0.39, 0.29) is 45.5 Å². The van der Waals surface area contributed by atoms with Gasteiger partial charge in [0.25, 0.3) is 0 Å². The number of amides is 1. The number of alkyl halides is 1. The molecule has 0 aliphatic carbocycles. The number of nitrogens with zero attached hydrogens (tertiary/aromatic N) is 8. The third-order valence-electron chi connectivity index (χ3n) is 10.4. The van der Waals surface area contributed by atoms with Gasteiger partial charge in [0.1, 0.15) is 24.6 Å². The van der Waals surface area contributed by atoms with E-state index in [4.69, 9.17) is 21.3 Å². The number of fused-ring (bicyclic) bond motifs is 2. The van der Waals surface area contributed by atoms with E-state index in [1.807, 2.05) is 15.9 Å². The topological polar surface area (TPSA) is 72.6 Å². The van der Waals surface area contributed by atoms with Gasteiger partial charge in [-0.15, -0.1) is 0 Å². The van der Waals surface area contributed by atoms with Crippen LogP contribution in [0.1, 0.15) is 29.7 Å². The van der Waals surface area contributed by atoms with Crippen molar-refractivity contribution in [1.82, 2.24) is 24.7 Å². The average molecular weight is 721 g/mol. The minimum absolute atomic E-state index is 0. The maximum Gasteiger partial charge on any atom is 0.318 e. The van der Waals surface area contributed by atoms with Crippen molar-refractivity contribution in [2.24, 2.45) is 0 Å². The van der Waals surface area contributed by atoms with E-state index in [1.165, 1.54) is 22.0 Å². The van der Waals surface area contributed by atoms with Crippen LogP contribution in [0.4, 0.5) is 15.9 Å². The zero-order valence-corrected chi connectivity index (χ0v) is 31.0. The number of carbonyl (C=O) groups excluding carboxylic acids is 1.